The largest absolute Gasteiger partial charge is 0.419 e. The lowest BCUT2D eigenvalue weighted by molar-refractivity contribution is -0.0747. The summed E-state index contributed by atoms with van der Waals surface area (Å²) in [6, 6.07) is 5.80. The maximum absolute atomic E-state index is 11.4. The molecule has 0 unspecified atom stereocenters. The summed E-state index contributed by atoms with van der Waals surface area (Å²) in [7, 11) is 3.63. The van der Waals surface area contributed by atoms with Crippen LogP contribution >= 0.6 is 0 Å². The number of aromatic nitrogens is 1. The summed E-state index contributed by atoms with van der Waals surface area (Å²) >= 11 is 0. The van der Waals surface area contributed by atoms with Gasteiger partial charge in [-0.2, -0.15) is 0 Å². The number of nitrogens with zero attached hydrogens (tertiary/aromatic N) is 1. The fourth-order valence-corrected chi connectivity index (χ4v) is 2.19. The van der Waals surface area contributed by atoms with Crippen molar-refractivity contribution in [1.82, 2.24) is 9.88 Å². The fourth-order valence-electron chi connectivity index (χ4n) is 2.19. The molecular weight excluding hydrogens is 220 g/mol. The van der Waals surface area contributed by atoms with Gasteiger partial charge in [-0.3, -0.25) is 4.57 Å². The molecule has 0 atom stereocenters. The Labute approximate surface area is 98.0 Å². The predicted octanol–water partition coefficient (Wildman–Crippen LogP) is 0.576. The molecule has 5 heteroatoms. The van der Waals surface area contributed by atoms with Gasteiger partial charge in [0.25, 0.3) is 0 Å². The number of likely N-dealkylation sites (N-methyl/N-ethyl adjacent to an activating group) is 1. The van der Waals surface area contributed by atoms with Gasteiger partial charge in [0.2, 0.25) is 0 Å². The Bertz CT molecular complexity index is 617. The SMILES string of the molecule is CNC1(c2ccc3oc(=O)n(C)c3c2)COC1. The summed E-state index contributed by atoms with van der Waals surface area (Å²) in [6.45, 7) is 1.31. The Hall–Kier alpha value is -1.59. The van der Waals surface area contributed by atoms with Crippen LogP contribution in [0.5, 0.6) is 0 Å². The average Bonchev–Trinajstić information content (AvgIpc) is 2.55. The van der Waals surface area contributed by atoms with Crippen LogP contribution in [-0.2, 0) is 17.3 Å². The molecule has 1 saturated heterocycles. The van der Waals surface area contributed by atoms with Gasteiger partial charge in [0, 0.05) is 7.05 Å². The molecule has 0 spiro atoms. The van der Waals surface area contributed by atoms with Crippen LogP contribution in [0.25, 0.3) is 11.1 Å². The lowest BCUT2D eigenvalue weighted by Crippen LogP contribution is -2.56. The van der Waals surface area contributed by atoms with E-state index in [2.05, 4.69) is 5.32 Å². The number of benzene rings is 1. The topological polar surface area (TPSA) is 56.4 Å². The van der Waals surface area contributed by atoms with Crippen LogP contribution < -0.4 is 11.1 Å². The van der Waals surface area contributed by atoms with E-state index < -0.39 is 0 Å². The normalized spacial score (nSPS) is 18.2. The van der Waals surface area contributed by atoms with E-state index in [4.69, 9.17) is 9.15 Å². The first-order valence-electron chi connectivity index (χ1n) is 5.53. The van der Waals surface area contributed by atoms with Crippen LogP contribution in [0.15, 0.2) is 27.4 Å². The maximum atomic E-state index is 11.4. The molecule has 0 saturated carbocycles. The van der Waals surface area contributed by atoms with Crippen molar-refractivity contribution >= 4 is 11.1 Å². The molecule has 1 aromatic carbocycles. The molecule has 1 aliphatic rings. The molecular formula is C12H14N2O3. The fraction of sp³-hybridized carbons (Fsp3) is 0.417. The molecule has 0 radical (unpaired) electrons. The van der Waals surface area contributed by atoms with Crippen LogP contribution in [0.1, 0.15) is 5.56 Å². The van der Waals surface area contributed by atoms with E-state index in [9.17, 15) is 4.79 Å². The van der Waals surface area contributed by atoms with Crippen molar-refractivity contribution in [3.63, 3.8) is 0 Å². The number of oxazole rings is 1. The molecule has 2 heterocycles. The highest BCUT2D eigenvalue weighted by atomic mass is 16.5. The van der Waals surface area contributed by atoms with Gasteiger partial charge in [0.1, 0.15) is 0 Å². The van der Waals surface area contributed by atoms with Crippen molar-refractivity contribution in [2.24, 2.45) is 7.05 Å². The van der Waals surface area contributed by atoms with Gasteiger partial charge in [-0.1, -0.05) is 6.07 Å². The molecule has 0 amide bonds. The summed E-state index contributed by atoms with van der Waals surface area (Å²) in [5.41, 5.74) is 2.43. The number of aryl methyl sites for hydroxylation is 1. The van der Waals surface area contributed by atoms with Crippen LogP contribution in [0, 0.1) is 0 Å². The Morgan fingerprint density at radius 2 is 2.18 bits per heavy atom. The zero-order valence-corrected chi connectivity index (χ0v) is 9.82. The van der Waals surface area contributed by atoms with Gasteiger partial charge in [-0.15, -0.1) is 0 Å². The van der Waals surface area contributed by atoms with Crippen molar-refractivity contribution in [1.29, 1.82) is 0 Å². The van der Waals surface area contributed by atoms with Crippen LogP contribution in [0.4, 0.5) is 0 Å². The summed E-state index contributed by atoms with van der Waals surface area (Å²) in [5.74, 6) is -0.333. The van der Waals surface area contributed by atoms with Crippen LogP contribution in [-0.4, -0.2) is 24.8 Å². The maximum Gasteiger partial charge on any atom is 0.419 e. The molecule has 1 aromatic heterocycles. The van der Waals surface area contributed by atoms with Crippen LogP contribution in [0.3, 0.4) is 0 Å². The first-order chi connectivity index (χ1) is 8.16. The van der Waals surface area contributed by atoms with E-state index in [-0.39, 0.29) is 11.3 Å². The second-order valence-corrected chi connectivity index (χ2v) is 4.43. The van der Waals surface area contributed by atoms with E-state index in [1.165, 1.54) is 4.57 Å². The predicted molar refractivity (Wildman–Crippen MR) is 63.0 cm³/mol. The van der Waals surface area contributed by atoms with Gasteiger partial charge in [-0.05, 0) is 24.7 Å². The third-order valence-corrected chi connectivity index (χ3v) is 3.52. The molecule has 17 heavy (non-hydrogen) atoms. The molecule has 90 valence electrons. The first-order valence-corrected chi connectivity index (χ1v) is 5.53. The van der Waals surface area contributed by atoms with Crippen LogP contribution in [0.2, 0.25) is 0 Å². The molecule has 1 fully saturated rings. The minimum atomic E-state index is -0.333. The average molecular weight is 234 g/mol. The van der Waals surface area contributed by atoms with Crippen molar-refractivity contribution in [2.45, 2.75) is 5.54 Å². The highest BCUT2D eigenvalue weighted by Gasteiger charge is 2.39. The van der Waals surface area contributed by atoms with Gasteiger partial charge in [-0.25, -0.2) is 4.79 Å². The Morgan fingerprint density at radius 1 is 1.41 bits per heavy atom. The number of hydrogen-bond acceptors (Lipinski definition) is 4. The lowest BCUT2D eigenvalue weighted by atomic mass is 9.88. The molecule has 2 aromatic rings. The zero-order chi connectivity index (χ0) is 12.0. The van der Waals surface area contributed by atoms with E-state index in [0.717, 1.165) is 11.1 Å². The molecule has 5 nitrogen and oxygen atoms in total. The number of ether oxygens (including phenoxy) is 1. The van der Waals surface area contributed by atoms with Crippen molar-refractivity contribution in [3.05, 3.63) is 34.3 Å². The van der Waals surface area contributed by atoms with Crippen molar-refractivity contribution in [2.75, 3.05) is 20.3 Å². The van der Waals surface area contributed by atoms with Crippen molar-refractivity contribution in [3.8, 4) is 0 Å². The third-order valence-electron chi connectivity index (χ3n) is 3.52. The smallest absolute Gasteiger partial charge is 0.408 e. The Balaban J connectivity index is 2.19. The number of rotatable bonds is 2. The molecule has 0 bridgehead atoms. The summed E-state index contributed by atoms with van der Waals surface area (Å²) in [5, 5.41) is 3.28. The summed E-state index contributed by atoms with van der Waals surface area (Å²) in [6.07, 6.45) is 0. The van der Waals surface area contributed by atoms with Gasteiger partial charge in [0.15, 0.2) is 5.58 Å². The molecule has 0 aliphatic carbocycles. The number of hydrogen-bond donors (Lipinski definition) is 1. The zero-order valence-electron chi connectivity index (χ0n) is 9.82. The second kappa shape index (κ2) is 3.45. The Kier molecular flexibility index (Phi) is 2.14. The van der Waals surface area contributed by atoms with Gasteiger partial charge < -0.3 is 14.5 Å². The minimum Gasteiger partial charge on any atom is -0.408 e. The highest BCUT2D eigenvalue weighted by molar-refractivity contribution is 5.74. The highest BCUT2D eigenvalue weighted by Crippen LogP contribution is 2.30. The van der Waals surface area contributed by atoms with E-state index in [1.807, 2.05) is 25.2 Å². The number of nitrogens with one attached hydrogen (secondary N) is 1. The monoisotopic (exact) mass is 234 g/mol. The number of fused-ring (bicyclic) bond motifs is 1. The quantitative estimate of drug-likeness (QED) is 0.825. The van der Waals surface area contributed by atoms with Gasteiger partial charge in [0.05, 0.1) is 24.3 Å². The van der Waals surface area contributed by atoms with E-state index in [1.54, 1.807) is 7.05 Å². The molecule has 3 rings (SSSR count). The first kappa shape index (κ1) is 10.6. The van der Waals surface area contributed by atoms with Gasteiger partial charge >= 0.3 is 5.76 Å². The minimum absolute atomic E-state index is 0.124. The summed E-state index contributed by atoms with van der Waals surface area (Å²) in [4.78, 5) is 11.4. The second-order valence-electron chi connectivity index (χ2n) is 4.43. The Morgan fingerprint density at radius 3 is 2.76 bits per heavy atom. The third kappa shape index (κ3) is 1.36. The summed E-state index contributed by atoms with van der Waals surface area (Å²) < 4.78 is 11.9. The lowest BCUT2D eigenvalue weighted by Gasteiger charge is -2.41. The standard InChI is InChI=1S/C12H14N2O3/c1-13-12(6-16-7-12)8-3-4-10-9(5-8)14(2)11(15)17-10/h3-5,13H,6-7H2,1-2H3. The van der Waals surface area contributed by atoms with E-state index in [0.29, 0.717) is 18.8 Å². The van der Waals surface area contributed by atoms with E-state index >= 15 is 0 Å². The molecule has 1 N–H and O–H groups in total. The van der Waals surface area contributed by atoms with Crippen molar-refractivity contribution < 1.29 is 9.15 Å². The molecule has 1 aliphatic heterocycles.